The molecular weight excluding hydrogens is 246 g/mol. The number of halogens is 1. The third-order valence-electron chi connectivity index (χ3n) is 2.89. The first kappa shape index (κ1) is 14.7. The van der Waals surface area contributed by atoms with Crippen molar-refractivity contribution in [3.8, 4) is 11.1 Å². The Hall–Kier alpha value is -1.35. The summed E-state index contributed by atoms with van der Waals surface area (Å²) in [7, 11) is 0. The summed E-state index contributed by atoms with van der Waals surface area (Å²) in [5, 5.41) is 8.85. The van der Waals surface area contributed by atoms with Crippen LogP contribution in [0.3, 0.4) is 0 Å². The summed E-state index contributed by atoms with van der Waals surface area (Å²) in [4.78, 5) is 0. The second-order valence-corrected chi connectivity index (χ2v) is 4.11. The summed E-state index contributed by atoms with van der Waals surface area (Å²) in [6, 6.07) is 18.4. The standard InChI is InChI=1S/C15H17NO.ClH/c16-15(10-11-17)14-8-6-13(7-9-14)12-4-2-1-3-5-12;/h1-9,15,17H,10-11,16H2;1H/t15-;/m1./s1. The molecule has 0 aliphatic heterocycles. The number of nitrogens with two attached hydrogens (primary N) is 1. The zero-order valence-corrected chi connectivity index (χ0v) is 10.9. The van der Waals surface area contributed by atoms with Gasteiger partial charge in [0, 0.05) is 12.6 Å². The molecule has 2 aromatic rings. The van der Waals surface area contributed by atoms with Gasteiger partial charge in [-0.2, -0.15) is 0 Å². The van der Waals surface area contributed by atoms with E-state index in [0.29, 0.717) is 6.42 Å². The molecule has 96 valence electrons. The number of aliphatic hydroxyl groups is 1. The van der Waals surface area contributed by atoms with Gasteiger partial charge < -0.3 is 10.8 Å². The van der Waals surface area contributed by atoms with Gasteiger partial charge in [0.2, 0.25) is 0 Å². The van der Waals surface area contributed by atoms with Crippen molar-refractivity contribution in [3.05, 3.63) is 60.2 Å². The van der Waals surface area contributed by atoms with Crippen LogP contribution in [-0.2, 0) is 0 Å². The van der Waals surface area contributed by atoms with Crippen LogP contribution in [0.2, 0.25) is 0 Å². The zero-order valence-electron chi connectivity index (χ0n) is 10.1. The normalized spacial score (nSPS) is 11.7. The lowest BCUT2D eigenvalue weighted by atomic mass is 10.00. The molecule has 2 rings (SSSR count). The van der Waals surface area contributed by atoms with E-state index in [1.165, 1.54) is 11.1 Å². The summed E-state index contributed by atoms with van der Waals surface area (Å²) in [6.45, 7) is 0.127. The minimum Gasteiger partial charge on any atom is -0.396 e. The van der Waals surface area contributed by atoms with E-state index in [9.17, 15) is 0 Å². The summed E-state index contributed by atoms with van der Waals surface area (Å²) < 4.78 is 0. The third-order valence-corrected chi connectivity index (χ3v) is 2.89. The summed E-state index contributed by atoms with van der Waals surface area (Å²) >= 11 is 0. The van der Waals surface area contributed by atoms with E-state index >= 15 is 0 Å². The fourth-order valence-corrected chi connectivity index (χ4v) is 1.86. The van der Waals surface area contributed by atoms with Crippen molar-refractivity contribution in [2.45, 2.75) is 12.5 Å². The number of aliphatic hydroxyl groups excluding tert-OH is 1. The van der Waals surface area contributed by atoms with Crippen molar-refractivity contribution in [3.63, 3.8) is 0 Å². The lowest BCUT2D eigenvalue weighted by molar-refractivity contribution is 0.276. The molecule has 0 unspecified atom stereocenters. The molecule has 3 heteroatoms. The summed E-state index contributed by atoms with van der Waals surface area (Å²) in [6.07, 6.45) is 0.602. The molecule has 18 heavy (non-hydrogen) atoms. The van der Waals surface area contributed by atoms with Crippen LogP contribution in [0.5, 0.6) is 0 Å². The van der Waals surface area contributed by atoms with Crippen LogP contribution >= 0.6 is 12.4 Å². The van der Waals surface area contributed by atoms with Gasteiger partial charge in [-0.3, -0.25) is 0 Å². The predicted molar refractivity (Wildman–Crippen MR) is 77.8 cm³/mol. The second kappa shape index (κ2) is 7.17. The van der Waals surface area contributed by atoms with E-state index in [1.807, 2.05) is 30.3 Å². The van der Waals surface area contributed by atoms with E-state index in [0.717, 1.165) is 5.56 Å². The molecular formula is C15H18ClNO. The summed E-state index contributed by atoms with van der Waals surface area (Å²) in [5.74, 6) is 0. The monoisotopic (exact) mass is 263 g/mol. The Morgan fingerprint density at radius 2 is 1.44 bits per heavy atom. The number of hydrogen-bond acceptors (Lipinski definition) is 2. The van der Waals surface area contributed by atoms with Crippen LogP contribution in [0.4, 0.5) is 0 Å². The Morgan fingerprint density at radius 3 is 2.00 bits per heavy atom. The fourth-order valence-electron chi connectivity index (χ4n) is 1.86. The van der Waals surface area contributed by atoms with Gasteiger partial charge in [0.25, 0.3) is 0 Å². The molecule has 0 fully saturated rings. The smallest absolute Gasteiger partial charge is 0.0449 e. The van der Waals surface area contributed by atoms with Crippen molar-refractivity contribution in [1.29, 1.82) is 0 Å². The predicted octanol–water partition coefficient (Wildman–Crippen LogP) is 3.16. The quantitative estimate of drug-likeness (QED) is 0.890. The van der Waals surface area contributed by atoms with E-state index in [1.54, 1.807) is 0 Å². The highest BCUT2D eigenvalue weighted by Crippen LogP contribution is 2.21. The fraction of sp³-hybridized carbons (Fsp3) is 0.200. The van der Waals surface area contributed by atoms with E-state index in [-0.39, 0.29) is 25.1 Å². The van der Waals surface area contributed by atoms with Gasteiger partial charge in [-0.1, -0.05) is 54.6 Å². The number of rotatable bonds is 4. The SMILES string of the molecule is Cl.N[C@H](CCO)c1ccc(-c2ccccc2)cc1. The molecule has 0 saturated heterocycles. The average Bonchev–Trinajstić information content (AvgIpc) is 2.40. The van der Waals surface area contributed by atoms with Gasteiger partial charge in [-0.15, -0.1) is 12.4 Å². The van der Waals surface area contributed by atoms with E-state index < -0.39 is 0 Å². The van der Waals surface area contributed by atoms with Gasteiger partial charge >= 0.3 is 0 Å². The van der Waals surface area contributed by atoms with Crippen molar-refractivity contribution in [2.24, 2.45) is 5.73 Å². The van der Waals surface area contributed by atoms with Crippen molar-refractivity contribution in [2.75, 3.05) is 6.61 Å². The van der Waals surface area contributed by atoms with Gasteiger partial charge in [0.1, 0.15) is 0 Å². The van der Waals surface area contributed by atoms with Crippen LogP contribution < -0.4 is 5.73 Å². The maximum absolute atomic E-state index is 8.85. The second-order valence-electron chi connectivity index (χ2n) is 4.11. The highest BCUT2D eigenvalue weighted by molar-refractivity contribution is 5.85. The molecule has 3 N–H and O–H groups in total. The molecule has 1 atom stereocenters. The van der Waals surface area contributed by atoms with E-state index in [2.05, 4.69) is 24.3 Å². The van der Waals surface area contributed by atoms with Crippen molar-refractivity contribution in [1.82, 2.24) is 0 Å². The molecule has 2 aromatic carbocycles. The first-order valence-corrected chi connectivity index (χ1v) is 5.83. The highest BCUT2D eigenvalue weighted by atomic mass is 35.5. The van der Waals surface area contributed by atoms with Gasteiger partial charge in [-0.25, -0.2) is 0 Å². The largest absolute Gasteiger partial charge is 0.396 e. The molecule has 2 nitrogen and oxygen atoms in total. The molecule has 0 radical (unpaired) electrons. The van der Waals surface area contributed by atoms with Crippen LogP contribution in [0, 0.1) is 0 Å². The maximum Gasteiger partial charge on any atom is 0.0449 e. The van der Waals surface area contributed by atoms with Crippen molar-refractivity contribution < 1.29 is 5.11 Å². The molecule has 0 aromatic heterocycles. The lowest BCUT2D eigenvalue weighted by Crippen LogP contribution is -2.11. The molecule has 0 aliphatic carbocycles. The van der Waals surface area contributed by atoms with Gasteiger partial charge in [0.15, 0.2) is 0 Å². The first-order chi connectivity index (χ1) is 8.31. The Labute approximate surface area is 114 Å². The van der Waals surface area contributed by atoms with Crippen LogP contribution in [0.15, 0.2) is 54.6 Å². The van der Waals surface area contributed by atoms with Crippen LogP contribution in [-0.4, -0.2) is 11.7 Å². The van der Waals surface area contributed by atoms with Gasteiger partial charge in [0.05, 0.1) is 0 Å². The molecule has 0 amide bonds. The Balaban J connectivity index is 0.00000162. The molecule has 0 aliphatic rings. The number of benzene rings is 2. The van der Waals surface area contributed by atoms with E-state index in [4.69, 9.17) is 10.8 Å². The summed E-state index contributed by atoms with van der Waals surface area (Å²) in [5.41, 5.74) is 9.39. The number of hydrogen-bond donors (Lipinski definition) is 2. The third kappa shape index (κ3) is 3.57. The van der Waals surface area contributed by atoms with Crippen molar-refractivity contribution >= 4 is 12.4 Å². The molecule has 0 saturated carbocycles. The molecule has 0 spiro atoms. The Morgan fingerprint density at radius 1 is 0.889 bits per heavy atom. The first-order valence-electron chi connectivity index (χ1n) is 5.83. The highest BCUT2D eigenvalue weighted by Gasteiger charge is 2.05. The minimum absolute atomic E-state index is 0. The Bertz CT molecular complexity index is 456. The minimum atomic E-state index is -0.0789. The van der Waals surface area contributed by atoms with Crippen LogP contribution in [0.25, 0.3) is 11.1 Å². The Kier molecular flexibility index (Phi) is 5.86. The molecule has 0 heterocycles. The zero-order chi connectivity index (χ0) is 12.1. The van der Waals surface area contributed by atoms with Gasteiger partial charge in [-0.05, 0) is 23.1 Å². The average molecular weight is 264 g/mol. The topological polar surface area (TPSA) is 46.2 Å². The van der Waals surface area contributed by atoms with Crippen LogP contribution in [0.1, 0.15) is 18.0 Å². The lowest BCUT2D eigenvalue weighted by Gasteiger charge is -2.11. The maximum atomic E-state index is 8.85. The molecule has 0 bridgehead atoms.